The summed E-state index contributed by atoms with van der Waals surface area (Å²) in [6.45, 7) is 2.72. The van der Waals surface area contributed by atoms with Crippen LogP contribution in [0.5, 0.6) is 0 Å². The van der Waals surface area contributed by atoms with Gasteiger partial charge in [-0.25, -0.2) is 4.39 Å². The van der Waals surface area contributed by atoms with Gasteiger partial charge in [0.15, 0.2) is 0 Å². The van der Waals surface area contributed by atoms with Crippen molar-refractivity contribution < 1.29 is 18.4 Å². The van der Waals surface area contributed by atoms with Gasteiger partial charge in [0, 0.05) is 47.6 Å². The Hall–Kier alpha value is -3.70. The van der Waals surface area contributed by atoms with Gasteiger partial charge in [0.2, 0.25) is 11.8 Å². The van der Waals surface area contributed by atoms with Crippen molar-refractivity contribution in [3.8, 4) is 11.5 Å². The summed E-state index contributed by atoms with van der Waals surface area (Å²) in [5.74, 6) is -0.162. The predicted octanol–water partition coefficient (Wildman–Crippen LogP) is 5.33. The number of hydrogen-bond donors (Lipinski definition) is 1. The van der Waals surface area contributed by atoms with Crippen molar-refractivity contribution in [2.24, 2.45) is 0 Å². The normalized spacial score (nSPS) is 13.4. The zero-order chi connectivity index (χ0) is 26.5. The minimum Gasteiger partial charge on any atom is -0.411 e. The van der Waals surface area contributed by atoms with E-state index in [9.17, 15) is 14.0 Å². The van der Waals surface area contributed by atoms with Gasteiger partial charge < -0.3 is 19.5 Å². The lowest BCUT2D eigenvalue weighted by Gasteiger charge is -2.36. The predicted molar refractivity (Wildman–Crippen MR) is 148 cm³/mol. The molecule has 1 N–H and O–H groups in total. The molecule has 8 nitrogen and oxygen atoms in total. The molecule has 3 aromatic carbocycles. The third-order valence-electron chi connectivity index (χ3n) is 6.01. The van der Waals surface area contributed by atoms with Gasteiger partial charge in [0.25, 0.3) is 11.1 Å². The Kier molecular flexibility index (Phi) is 8.04. The molecule has 38 heavy (non-hydrogen) atoms. The van der Waals surface area contributed by atoms with Crippen molar-refractivity contribution in [3.63, 3.8) is 0 Å². The zero-order valence-corrected chi connectivity index (χ0v) is 22.5. The number of carbonyl (C=O) groups excluding carboxylic acids is 2. The lowest BCUT2D eigenvalue weighted by atomic mass is 10.1. The first kappa shape index (κ1) is 25.9. The van der Waals surface area contributed by atoms with Crippen molar-refractivity contribution in [1.29, 1.82) is 0 Å². The van der Waals surface area contributed by atoms with E-state index >= 15 is 0 Å². The van der Waals surface area contributed by atoms with Crippen LogP contribution in [-0.4, -0.2) is 58.8 Å². The number of nitrogens with zero attached hydrogens (tertiary/aromatic N) is 4. The molecule has 11 heteroatoms. The molecule has 1 fully saturated rings. The van der Waals surface area contributed by atoms with Crippen LogP contribution in [0.25, 0.3) is 11.5 Å². The number of carbonyl (C=O) groups is 2. The van der Waals surface area contributed by atoms with Crippen LogP contribution in [0.2, 0.25) is 0 Å². The van der Waals surface area contributed by atoms with Crippen LogP contribution in [0.4, 0.5) is 15.8 Å². The van der Waals surface area contributed by atoms with Crippen molar-refractivity contribution in [2.75, 3.05) is 42.1 Å². The van der Waals surface area contributed by atoms with Crippen LogP contribution in [-0.2, 0) is 4.79 Å². The van der Waals surface area contributed by atoms with Gasteiger partial charge in [0.1, 0.15) is 5.82 Å². The molecule has 0 spiro atoms. The van der Waals surface area contributed by atoms with E-state index in [1.54, 1.807) is 12.1 Å². The number of thioether (sulfide) groups is 1. The van der Waals surface area contributed by atoms with Gasteiger partial charge in [-0.3, -0.25) is 9.59 Å². The Morgan fingerprint density at radius 2 is 1.66 bits per heavy atom. The number of hydrogen-bond acceptors (Lipinski definition) is 7. The number of rotatable bonds is 7. The molecule has 4 aromatic rings. The molecule has 194 valence electrons. The number of anilines is 2. The van der Waals surface area contributed by atoms with Gasteiger partial charge in [-0.1, -0.05) is 23.9 Å². The van der Waals surface area contributed by atoms with Gasteiger partial charge in [-0.2, -0.15) is 0 Å². The molecule has 0 saturated carbocycles. The molecule has 1 saturated heterocycles. The van der Waals surface area contributed by atoms with Crippen LogP contribution < -0.4 is 10.2 Å². The topological polar surface area (TPSA) is 91.6 Å². The van der Waals surface area contributed by atoms with Gasteiger partial charge in [-0.15, -0.1) is 10.2 Å². The summed E-state index contributed by atoms with van der Waals surface area (Å²) in [6, 6.07) is 20.8. The van der Waals surface area contributed by atoms with E-state index in [0.29, 0.717) is 29.9 Å². The Balaban J connectivity index is 1.09. The molecule has 0 bridgehead atoms. The fourth-order valence-electron chi connectivity index (χ4n) is 4.03. The molecule has 2 amide bonds. The molecule has 1 aliphatic rings. The molecule has 1 aliphatic heterocycles. The highest BCUT2D eigenvalue weighted by molar-refractivity contribution is 9.10. The molecule has 0 atom stereocenters. The van der Waals surface area contributed by atoms with Crippen molar-refractivity contribution in [1.82, 2.24) is 15.1 Å². The van der Waals surface area contributed by atoms with E-state index in [1.807, 2.05) is 53.4 Å². The molecule has 1 aromatic heterocycles. The summed E-state index contributed by atoms with van der Waals surface area (Å²) < 4.78 is 19.4. The zero-order valence-electron chi connectivity index (χ0n) is 20.1. The van der Waals surface area contributed by atoms with Gasteiger partial charge in [-0.05, 0) is 76.6 Å². The molecule has 5 rings (SSSR count). The van der Waals surface area contributed by atoms with Gasteiger partial charge >= 0.3 is 0 Å². The minimum absolute atomic E-state index is 0.0280. The van der Waals surface area contributed by atoms with Crippen molar-refractivity contribution in [3.05, 3.63) is 88.6 Å². The van der Waals surface area contributed by atoms with Gasteiger partial charge in [0.05, 0.1) is 11.3 Å². The average molecular weight is 596 g/mol. The van der Waals surface area contributed by atoms with E-state index in [2.05, 4.69) is 36.3 Å². The van der Waals surface area contributed by atoms with E-state index in [1.165, 1.54) is 12.1 Å². The third-order valence-corrected chi connectivity index (χ3v) is 7.52. The van der Waals surface area contributed by atoms with E-state index < -0.39 is 0 Å². The first-order valence-electron chi connectivity index (χ1n) is 11.9. The molecule has 0 aliphatic carbocycles. The summed E-state index contributed by atoms with van der Waals surface area (Å²) in [5, 5.41) is 11.0. The molecular weight excluding hydrogens is 573 g/mol. The first-order valence-corrected chi connectivity index (χ1v) is 13.6. The highest BCUT2D eigenvalue weighted by Gasteiger charge is 2.23. The van der Waals surface area contributed by atoms with E-state index in [4.69, 9.17) is 4.42 Å². The lowest BCUT2D eigenvalue weighted by molar-refractivity contribution is -0.113. The standard InChI is InChI=1S/C27H23BrFN5O3S/c28-23-4-2-1-3-22(23)26(36)34-15-13-33(14-16-34)21-11-9-20(10-12-21)30-24(35)17-38-27-32-31-25(37-27)18-5-7-19(29)8-6-18/h1-12H,13-17H2,(H,30,35). The Labute approximate surface area is 231 Å². The van der Waals surface area contributed by atoms with E-state index in [0.717, 1.165) is 35.0 Å². The lowest BCUT2D eigenvalue weighted by Crippen LogP contribution is -2.48. The fraction of sp³-hybridized carbons (Fsp3) is 0.185. The number of nitrogens with one attached hydrogen (secondary N) is 1. The summed E-state index contributed by atoms with van der Waals surface area (Å²) in [6.07, 6.45) is 0. The number of amides is 2. The minimum atomic E-state index is -0.348. The van der Waals surface area contributed by atoms with Crippen LogP contribution in [0.1, 0.15) is 10.4 Å². The second-order valence-electron chi connectivity index (χ2n) is 8.52. The number of piperazine rings is 1. The Morgan fingerprint density at radius 3 is 2.37 bits per heavy atom. The highest BCUT2D eigenvalue weighted by Crippen LogP contribution is 2.25. The van der Waals surface area contributed by atoms with Crippen LogP contribution in [0, 0.1) is 5.82 Å². The highest BCUT2D eigenvalue weighted by atomic mass is 79.9. The number of aromatic nitrogens is 2. The largest absolute Gasteiger partial charge is 0.411 e. The van der Waals surface area contributed by atoms with Crippen molar-refractivity contribution >= 4 is 50.9 Å². The van der Waals surface area contributed by atoms with Crippen LogP contribution >= 0.6 is 27.7 Å². The molecule has 2 heterocycles. The second kappa shape index (κ2) is 11.8. The van der Waals surface area contributed by atoms with Crippen molar-refractivity contribution in [2.45, 2.75) is 5.22 Å². The third kappa shape index (κ3) is 6.22. The first-order chi connectivity index (χ1) is 18.5. The van der Waals surface area contributed by atoms with Crippen LogP contribution in [0.3, 0.4) is 0 Å². The maximum absolute atomic E-state index is 13.1. The maximum Gasteiger partial charge on any atom is 0.277 e. The summed E-state index contributed by atoms with van der Waals surface area (Å²) in [7, 11) is 0. The quantitative estimate of drug-likeness (QED) is 0.289. The summed E-state index contributed by atoms with van der Waals surface area (Å²) in [4.78, 5) is 29.3. The summed E-state index contributed by atoms with van der Waals surface area (Å²) >= 11 is 4.58. The number of benzene rings is 3. The van der Waals surface area contributed by atoms with E-state index in [-0.39, 0.29) is 34.5 Å². The smallest absolute Gasteiger partial charge is 0.277 e. The Morgan fingerprint density at radius 1 is 0.947 bits per heavy atom. The molecule has 0 radical (unpaired) electrons. The SMILES string of the molecule is O=C(CSc1nnc(-c2ccc(F)cc2)o1)Nc1ccc(N2CCN(C(=O)c3ccccc3Br)CC2)cc1. The maximum atomic E-state index is 13.1. The summed E-state index contributed by atoms with van der Waals surface area (Å²) in [5.41, 5.74) is 2.99. The number of halogens is 2. The monoisotopic (exact) mass is 595 g/mol. The fourth-order valence-corrected chi connectivity index (χ4v) is 5.05. The second-order valence-corrected chi connectivity index (χ2v) is 10.3. The molecular formula is C27H23BrFN5O3S. The Bertz CT molecular complexity index is 1420. The van der Waals surface area contributed by atoms with Crippen LogP contribution in [0.15, 0.2) is 86.9 Å². The average Bonchev–Trinajstić information content (AvgIpc) is 3.42. The molecule has 0 unspecified atom stereocenters.